The Bertz CT molecular complexity index is 487. The summed E-state index contributed by atoms with van der Waals surface area (Å²) in [5.41, 5.74) is 2.39. The average Bonchev–Trinajstić information content (AvgIpc) is 2.96. The summed E-state index contributed by atoms with van der Waals surface area (Å²) >= 11 is 0. The number of imide groups is 1. The molecule has 3 rings (SSSR count). The molecule has 100 valence electrons. The van der Waals surface area contributed by atoms with E-state index in [1.807, 2.05) is 6.92 Å². The van der Waals surface area contributed by atoms with Crippen LogP contribution in [0.2, 0.25) is 0 Å². The van der Waals surface area contributed by atoms with Gasteiger partial charge in [-0.1, -0.05) is 29.8 Å². The lowest BCUT2D eigenvalue weighted by Gasteiger charge is -2.15. The molecule has 0 aliphatic carbocycles. The lowest BCUT2D eigenvalue weighted by Crippen LogP contribution is -2.34. The first kappa shape index (κ1) is 12.2. The third-order valence-electron chi connectivity index (χ3n) is 4.03. The Morgan fingerprint density at radius 1 is 1.21 bits per heavy atom. The van der Waals surface area contributed by atoms with E-state index < -0.39 is 0 Å². The van der Waals surface area contributed by atoms with Crippen molar-refractivity contribution in [3.63, 3.8) is 0 Å². The van der Waals surface area contributed by atoms with Crippen LogP contribution in [0.1, 0.15) is 24.0 Å². The number of amides is 3. The molecule has 3 amide bonds. The second-order valence-electron chi connectivity index (χ2n) is 5.36. The summed E-state index contributed by atoms with van der Waals surface area (Å²) in [5, 5.41) is 0. The van der Waals surface area contributed by atoms with E-state index in [-0.39, 0.29) is 18.0 Å². The topological polar surface area (TPSA) is 40.6 Å². The second kappa shape index (κ2) is 4.68. The number of nitrogens with zero attached hydrogens (tertiary/aromatic N) is 2. The molecule has 1 atom stereocenters. The van der Waals surface area contributed by atoms with Gasteiger partial charge in [-0.3, -0.25) is 9.69 Å². The first-order chi connectivity index (χ1) is 9.16. The van der Waals surface area contributed by atoms with Crippen molar-refractivity contribution in [3.05, 3.63) is 35.4 Å². The fourth-order valence-corrected chi connectivity index (χ4v) is 2.88. The van der Waals surface area contributed by atoms with Gasteiger partial charge in [-0.05, 0) is 31.7 Å². The van der Waals surface area contributed by atoms with E-state index in [9.17, 15) is 9.59 Å². The number of carbonyl (C=O) groups excluding carboxylic acids is 2. The minimum atomic E-state index is -0.175. The Balaban J connectivity index is 1.66. The minimum Gasteiger partial charge on any atom is -0.312 e. The van der Waals surface area contributed by atoms with Gasteiger partial charge in [0.25, 0.3) is 5.91 Å². The molecule has 0 radical (unpaired) electrons. The summed E-state index contributed by atoms with van der Waals surface area (Å²) in [6.45, 7) is 3.27. The third kappa shape index (κ3) is 2.11. The van der Waals surface area contributed by atoms with E-state index in [1.54, 1.807) is 4.90 Å². The quantitative estimate of drug-likeness (QED) is 0.778. The predicted molar refractivity (Wildman–Crippen MR) is 71.7 cm³/mol. The number of hydrogen-bond acceptors (Lipinski definition) is 2. The number of carbonyl (C=O) groups is 2. The summed E-state index contributed by atoms with van der Waals surface area (Å²) in [6.07, 6.45) is 2.51. The highest BCUT2D eigenvalue weighted by Crippen LogP contribution is 2.27. The zero-order valence-electron chi connectivity index (χ0n) is 11.1. The summed E-state index contributed by atoms with van der Waals surface area (Å²) in [4.78, 5) is 27.4. The lowest BCUT2D eigenvalue weighted by atomic mass is 10.1. The van der Waals surface area contributed by atoms with Gasteiger partial charge in [0, 0.05) is 13.1 Å². The van der Waals surface area contributed by atoms with Gasteiger partial charge in [0.15, 0.2) is 0 Å². The Morgan fingerprint density at radius 2 is 1.95 bits per heavy atom. The minimum absolute atomic E-state index is 0.00499. The molecular weight excluding hydrogens is 240 g/mol. The molecule has 4 nitrogen and oxygen atoms in total. The van der Waals surface area contributed by atoms with Gasteiger partial charge >= 0.3 is 6.03 Å². The number of hydrogen-bond donors (Lipinski definition) is 0. The van der Waals surface area contributed by atoms with E-state index in [0.717, 1.165) is 25.8 Å². The van der Waals surface area contributed by atoms with Crippen LogP contribution in [0.4, 0.5) is 4.79 Å². The van der Waals surface area contributed by atoms with Crippen LogP contribution >= 0.6 is 0 Å². The molecule has 2 saturated heterocycles. The molecule has 0 aromatic heterocycles. The highest BCUT2D eigenvalue weighted by molar-refractivity contribution is 6.04. The number of aryl methyl sites for hydroxylation is 1. The van der Waals surface area contributed by atoms with Gasteiger partial charge in [0.1, 0.15) is 6.04 Å². The molecule has 1 aromatic carbocycles. The summed E-state index contributed by atoms with van der Waals surface area (Å²) in [6, 6.07) is 7.95. The maximum absolute atomic E-state index is 12.1. The molecule has 0 saturated carbocycles. The van der Waals surface area contributed by atoms with Gasteiger partial charge < -0.3 is 4.90 Å². The molecular formula is C15H18N2O2. The summed E-state index contributed by atoms with van der Waals surface area (Å²) in [7, 11) is 0. The van der Waals surface area contributed by atoms with Crippen molar-refractivity contribution in [1.82, 2.24) is 9.80 Å². The molecule has 4 heteroatoms. The molecule has 2 heterocycles. The molecule has 2 fully saturated rings. The molecule has 0 bridgehead atoms. The first-order valence-electron chi connectivity index (χ1n) is 6.84. The van der Waals surface area contributed by atoms with Crippen molar-refractivity contribution in [3.8, 4) is 0 Å². The Morgan fingerprint density at radius 3 is 2.63 bits per heavy atom. The van der Waals surface area contributed by atoms with Crippen molar-refractivity contribution in [2.75, 3.05) is 13.1 Å². The SMILES string of the molecule is Cc1ccc(CCN2C(=O)C3CCCN3C2=O)cc1. The first-order valence-corrected chi connectivity index (χ1v) is 6.84. The van der Waals surface area contributed by atoms with Gasteiger partial charge in [0.05, 0.1) is 0 Å². The van der Waals surface area contributed by atoms with E-state index in [1.165, 1.54) is 16.0 Å². The van der Waals surface area contributed by atoms with E-state index in [2.05, 4.69) is 24.3 Å². The molecule has 0 N–H and O–H groups in total. The van der Waals surface area contributed by atoms with Crippen LogP contribution in [-0.4, -0.2) is 40.9 Å². The molecule has 19 heavy (non-hydrogen) atoms. The van der Waals surface area contributed by atoms with Gasteiger partial charge in [-0.15, -0.1) is 0 Å². The van der Waals surface area contributed by atoms with Crippen LogP contribution in [0.25, 0.3) is 0 Å². The van der Waals surface area contributed by atoms with Crippen LogP contribution in [0, 0.1) is 6.92 Å². The van der Waals surface area contributed by atoms with E-state index >= 15 is 0 Å². The predicted octanol–water partition coefficient (Wildman–Crippen LogP) is 1.96. The monoisotopic (exact) mass is 258 g/mol. The highest BCUT2D eigenvalue weighted by Gasteiger charge is 2.46. The highest BCUT2D eigenvalue weighted by atomic mass is 16.2. The maximum atomic E-state index is 12.1. The molecule has 0 spiro atoms. The largest absolute Gasteiger partial charge is 0.327 e. The zero-order valence-corrected chi connectivity index (χ0v) is 11.1. The van der Waals surface area contributed by atoms with Gasteiger partial charge in [-0.25, -0.2) is 4.79 Å². The van der Waals surface area contributed by atoms with Crippen molar-refractivity contribution >= 4 is 11.9 Å². The molecule has 2 aliphatic heterocycles. The van der Waals surface area contributed by atoms with Crippen molar-refractivity contribution in [2.45, 2.75) is 32.2 Å². The van der Waals surface area contributed by atoms with Crippen LogP contribution in [0.15, 0.2) is 24.3 Å². The molecule has 1 unspecified atom stereocenters. The van der Waals surface area contributed by atoms with Gasteiger partial charge in [-0.2, -0.15) is 0 Å². The van der Waals surface area contributed by atoms with Crippen molar-refractivity contribution in [2.24, 2.45) is 0 Å². The van der Waals surface area contributed by atoms with Crippen LogP contribution in [-0.2, 0) is 11.2 Å². The Kier molecular flexibility index (Phi) is 3.01. The van der Waals surface area contributed by atoms with Gasteiger partial charge in [0.2, 0.25) is 0 Å². The molecule has 1 aromatic rings. The van der Waals surface area contributed by atoms with Crippen LogP contribution in [0.3, 0.4) is 0 Å². The maximum Gasteiger partial charge on any atom is 0.327 e. The fraction of sp³-hybridized carbons (Fsp3) is 0.467. The fourth-order valence-electron chi connectivity index (χ4n) is 2.88. The van der Waals surface area contributed by atoms with E-state index in [0.29, 0.717) is 6.54 Å². The Hall–Kier alpha value is -1.84. The van der Waals surface area contributed by atoms with Crippen molar-refractivity contribution in [1.29, 1.82) is 0 Å². The number of benzene rings is 1. The van der Waals surface area contributed by atoms with Crippen LogP contribution in [0.5, 0.6) is 0 Å². The smallest absolute Gasteiger partial charge is 0.312 e. The zero-order chi connectivity index (χ0) is 13.4. The second-order valence-corrected chi connectivity index (χ2v) is 5.36. The summed E-state index contributed by atoms with van der Waals surface area (Å²) in [5.74, 6) is -0.00499. The summed E-state index contributed by atoms with van der Waals surface area (Å²) < 4.78 is 0. The molecule has 2 aliphatic rings. The normalized spacial score (nSPS) is 22.3. The Labute approximate surface area is 113 Å². The third-order valence-corrected chi connectivity index (χ3v) is 4.03. The van der Waals surface area contributed by atoms with Crippen LogP contribution < -0.4 is 0 Å². The number of fused-ring (bicyclic) bond motifs is 1. The average molecular weight is 258 g/mol. The number of urea groups is 1. The van der Waals surface area contributed by atoms with E-state index in [4.69, 9.17) is 0 Å². The lowest BCUT2D eigenvalue weighted by molar-refractivity contribution is -0.127. The van der Waals surface area contributed by atoms with Crippen molar-refractivity contribution < 1.29 is 9.59 Å². The standard InChI is InChI=1S/C15H18N2O2/c1-11-4-6-12(7-5-11)8-10-17-14(18)13-3-2-9-16(13)15(17)19/h4-7,13H,2-3,8-10H2,1H3. The number of rotatable bonds is 3.